The van der Waals surface area contributed by atoms with Crippen LogP contribution in [-0.2, 0) is 0 Å². The lowest BCUT2D eigenvalue weighted by Gasteiger charge is -2.37. The van der Waals surface area contributed by atoms with Crippen molar-refractivity contribution >= 4 is 0 Å². The third-order valence-electron chi connectivity index (χ3n) is 3.53. The molecular formula is C12H26N4. The van der Waals surface area contributed by atoms with Crippen LogP contribution in [0.3, 0.4) is 0 Å². The highest BCUT2D eigenvalue weighted by Gasteiger charge is 2.16. The van der Waals surface area contributed by atoms with Gasteiger partial charge in [0.2, 0.25) is 0 Å². The summed E-state index contributed by atoms with van der Waals surface area (Å²) in [4.78, 5) is 0. The summed E-state index contributed by atoms with van der Waals surface area (Å²) in [6.07, 6.45) is 6.71. The molecule has 2 N–H and O–H groups in total. The number of nitrogens with one attached hydrogen (secondary N) is 2. The van der Waals surface area contributed by atoms with Crippen molar-refractivity contribution in [3.63, 3.8) is 0 Å². The lowest BCUT2D eigenvalue weighted by Crippen LogP contribution is -2.51. The number of rotatable bonds is 1. The minimum absolute atomic E-state index is 1.04. The zero-order chi connectivity index (χ0) is 11.1. The zero-order valence-corrected chi connectivity index (χ0v) is 10.4. The van der Waals surface area contributed by atoms with Crippen molar-refractivity contribution in [2.24, 2.45) is 0 Å². The molecule has 0 spiro atoms. The fraction of sp³-hybridized carbons (Fsp3) is 1.00. The first-order valence-corrected chi connectivity index (χ1v) is 6.88. The summed E-state index contributed by atoms with van der Waals surface area (Å²) in [5.41, 5.74) is 0. The third-order valence-corrected chi connectivity index (χ3v) is 3.53. The van der Waals surface area contributed by atoms with Crippen molar-refractivity contribution in [1.29, 1.82) is 0 Å². The van der Waals surface area contributed by atoms with Crippen LogP contribution in [0.2, 0.25) is 0 Å². The lowest BCUT2D eigenvalue weighted by atomic mass is 10.2. The number of hydrogen-bond acceptors (Lipinski definition) is 4. The average molecular weight is 226 g/mol. The molecule has 4 nitrogen and oxygen atoms in total. The maximum absolute atomic E-state index is 3.53. The largest absolute Gasteiger partial charge is 0.315 e. The second-order valence-corrected chi connectivity index (χ2v) is 4.86. The molecule has 2 rings (SSSR count). The van der Waals surface area contributed by atoms with Crippen LogP contribution in [0.25, 0.3) is 0 Å². The molecule has 94 valence electrons. The molecule has 0 atom stereocenters. The summed E-state index contributed by atoms with van der Waals surface area (Å²) in [7, 11) is 0. The van der Waals surface area contributed by atoms with Gasteiger partial charge in [-0.25, -0.2) is 10.0 Å². The maximum Gasteiger partial charge on any atom is 0.0623 e. The molecule has 2 fully saturated rings. The van der Waals surface area contributed by atoms with Crippen LogP contribution in [0.1, 0.15) is 32.1 Å². The zero-order valence-electron chi connectivity index (χ0n) is 10.4. The highest BCUT2D eigenvalue weighted by atomic mass is 15.6. The van der Waals surface area contributed by atoms with E-state index in [1.54, 1.807) is 0 Å². The number of hydrazine groups is 1. The van der Waals surface area contributed by atoms with Gasteiger partial charge >= 0.3 is 0 Å². The summed E-state index contributed by atoms with van der Waals surface area (Å²) in [5, 5.41) is 12.1. The van der Waals surface area contributed by atoms with Crippen molar-refractivity contribution in [2.45, 2.75) is 32.1 Å². The summed E-state index contributed by atoms with van der Waals surface area (Å²) in [5.74, 6) is 0. The van der Waals surface area contributed by atoms with E-state index in [-0.39, 0.29) is 0 Å². The van der Waals surface area contributed by atoms with Crippen LogP contribution in [0.5, 0.6) is 0 Å². The Morgan fingerprint density at radius 2 is 1.31 bits per heavy atom. The minimum Gasteiger partial charge on any atom is -0.315 e. The summed E-state index contributed by atoms with van der Waals surface area (Å²) in [6.45, 7) is 8.20. The topological polar surface area (TPSA) is 30.5 Å². The first kappa shape index (κ1) is 12.3. The van der Waals surface area contributed by atoms with Gasteiger partial charge in [0, 0.05) is 26.2 Å². The molecule has 2 saturated heterocycles. The predicted molar refractivity (Wildman–Crippen MR) is 67.1 cm³/mol. The number of hydrogen-bond donors (Lipinski definition) is 2. The van der Waals surface area contributed by atoms with Gasteiger partial charge in [0.05, 0.1) is 6.67 Å². The SMILES string of the molecule is C1CCNCN(N2CCCCNCC2)CC1. The molecular weight excluding hydrogens is 200 g/mol. The molecule has 0 amide bonds. The quantitative estimate of drug-likeness (QED) is 0.686. The first-order chi connectivity index (χ1) is 7.97. The van der Waals surface area contributed by atoms with E-state index < -0.39 is 0 Å². The molecule has 0 aromatic carbocycles. The Hall–Kier alpha value is -0.160. The van der Waals surface area contributed by atoms with E-state index >= 15 is 0 Å². The average Bonchev–Trinajstić information content (AvgIpc) is 2.18. The molecule has 0 bridgehead atoms. The van der Waals surface area contributed by atoms with E-state index in [1.165, 1.54) is 64.8 Å². The Morgan fingerprint density at radius 3 is 2.31 bits per heavy atom. The molecule has 2 heterocycles. The molecule has 2 aliphatic heterocycles. The first-order valence-electron chi connectivity index (χ1n) is 6.88. The standard InChI is InChI=1S/C12H26N4/c1-2-7-14-12-16(10-4-1)15-9-5-3-6-13-8-11-15/h13-14H,1-12H2. The van der Waals surface area contributed by atoms with Crippen molar-refractivity contribution in [3.8, 4) is 0 Å². The van der Waals surface area contributed by atoms with Gasteiger partial charge in [-0.05, 0) is 38.8 Å². The second-order valence-electron chi connectivity index (χ2n) is 4.86. The van der Waals surface area contributed by atoms with Crippen molar-refractivity contribution in [2.75, 3.05) is 45.9 Å². The molecule has 0 aromatic heterocycles. The fourth-order valence-corrected chi connectivity index (χ4v) is 2.52. The third kappa shape index (κ3) is 4.01. The second kappa shape index (κ2) is 7.22. The summed E-state index contributed by atoms with van der Waals surface area (Å²) < 4.78 is 0. The van der Waals surface area contributed by atoms with Gasteiger partial charge in [-0.1, -0.05) is 6.42 Å². The van der Waals surface area contributed by atoms with Gasteiger partial charge in [-0.3, -0.25) is 0 Å². The molecule has 0 saturated carbocycles. The Balaban J connectivity index is 1.81. The van der Waals surface area contributed by atoms with E-state index in [4.69, 9.17) is 0 Å². The summed E-state index contributed by atoms with van der Waals surface area (Å²) in [6, 6.07) is 0. The number of nitrogens with zero attached hydrogens (tertiary/aromatic N) is 2. The Labute approximate surface area is 99.3 Å². The van der Waals surface area contributed by atoms with Gasteiger partial charge in [0.25, 0.3) is 0 Å². The van der Waals surface area contributed by atoms with E-state index in [2.05, 4.69) is 20.7 Å². The Kier molecular flexibility index (Phi) is 5.55. The van der Waals surface area contributed by atoms with Gasteiger partial charge in [-0.15, -0.1) is 0 Å². The van der Waals surface area contributed by atoms with E-state index in [0.29, 0.717) is 0 Å². The highest BCUT2D eigenvalue weighted by molar-refractivity contribution is 4.66. The van der Waals surface area contributed by atoms with Gasteiger partial charge in [0.15, 0.2) is 0 Å². The normalized spacial score (nSPS) is 27.8. The van der Waals surface area contributed by atoms with Crippen LogP contribution >= 0.6 is 0 Å². The monoisotopic (exact) mass is 226 g/mol. The molecule has 0 radical (unpaired) electrons. The van der Waals surface area contributed by atoms with Crippen LogP contribution in [0, 0.1) is 0 Å². The smallest absolute Gasteiger partial charge is 0.0623 e. The van der Waals surface area contributed by atoms with E-state index in [0.717, 1.165) is 13.2 Å². The van der Waals surface area contributed by atoms with Crippen molar-refractivity contribution in [3.05, 3.63) is 0 Å². The van der Waals surface area contributed by atoms with Crippen molar-refractivity contribution < 1.29 is 0 Å². The van der Waals surface area contributed by atoms with Gasteiger partial charge in [0.1, 0.15) is 0 Å². The fourth-order valence-electron chi connectivity index (χ4n) is 2.52. The van der Waals surface area contributed by atoms with Crippen molar-refractivity contribution in [1.82, 2.24) is 20.7 Å². The van der Waals surface area contributed by atoms with E-state index in [1.807, 2.05) is 0 Å². The molecule has 4 heteroatoms. The van der Waals surface area contributed by atoms with Gasteiger partial charge < -0.3 is 10.6 Å². The summed E-state index contributed by atoms with van der Waals surface area (Å²) >= 11 is 0. The Bertz CT molecular complexity index is 150. The van der Waals surface area contributed by atoms with Crippen LogP contribution in [0.15, 0.2) is 0 Å². The van der Waals surface area contributed by atoms with E-state index in [9.17, 15) is 0 Å². The molecule has 0 aromatic rings. The molecule has 16 heavy (non-hydrogen) atoms. The molecule has 0 unspecified atom stereocenters. The van der Waals surface area contributed by atoms with Crippen LogP contribution in [-0.4, -0.2) is 56.0 Å². The minimum atomic E-state index is 1.04. The maximum atomic E-state index is 3.53. The van der Waals surface area contributed by atoms with Crippen LogP contribution < -0.4 is 10.6 Å². The molecule has 2 aliphatic rings. The highest BCUT2D eigenvalue weighted by Crippen LogP contribution is 2.07. The lowest BCUT2D eigenvalue weighted by molar-refractivity contribution is -0.0385. The predicted octanol–water partition coefficient (Wildman–Crippen LogP) is 0.620. The molecule has 0 aliphatic carbocycles. The van der Waals surface area contributed by atoms with Crippen LogP contribution in [0.4, 0.5) is 0 Å². The van der Waals surface area contributed by atoms with Gasteiger partial charge in [-0.2, -0.15) is 0 Å². The Morgan fingerprint density at radius 1 is 0.562 bits per heavy atom.